The zero-order valence-corrected chi connectivity index (χ0v) is 47.5. The van der Waals surface area contributed by atoms with Crippen LogP contribution in [0.3, 0.4) is 0 Å². The van der Waals surface area contributed by atoms with E-state index in [0.29, 0.717) is 42.1 Å². The maximum atomic E-state index is 13.8. The molecule has 0 aliphatic heterocycles. The van der Waals surface area contributed by atoms with E-state index in [1.807, 2.05) is 43.3 Å². The molecule has 18 heteroatoms. The predicted molar refractivity (Wildman–Crippen MR) is 314 cm³/mol. The number of phenols is 1. The maximum absolute atomic E-state index is 13.8. The van der Waals surface area contributed by atoms with Crippen LogP contribution in [-0.4, -0.2) is 78.0 Å². The number of rotatable bonds is 32. The second-order valence-corrected chi connectivity index (χ2v) is 22.0. The SMILES string of the molecule is CCCc1c(OCCCC/C=C\C=C\[C@H](Sc2ccc3c(=O)cc(C(=O)O)oc3c2)[C@H](O)c2ccccc2C(F)(F)F)ccc(C(C)=O)c1O.O=C(O)CCS[C@H](c1ccccc1CCCCCCCCc1ccccc1)[C@@H](O)C(=O)O. The van der Waals surface area contributed by atoms with E-state index in [0.717, 1.165) is 73.5 Å². The van der Waals surface area contributed by atoms with Crippen molar-refractivity contribution >= 4 is 58.2 Å². The van der Waals surface area contributed by atoms with Crippen molar-refractivity contribution in [3.8, 4) is 11.5 Å². The van der Waals surface area contributed by atoms with Gasteiger partial charge in [-0.05, 0) is 117 Å². The Bertz CT molecular complexity index is 3160. The highest BCUT2D eigenvalue weighted by Gasteiger charge is 2.36. The summed E-state index contributed by atoms with van der Waals surface area (Å²) in [7, 11) is 0. The van der Waals surface area contributed by atoms with E-state index in [1.165, 1.54) is 80.3 Å². The number of alkyl halides is 3. The normalized spacial score (nSPS) is 13.1. The van der Waals surface area contributed by atoms with Crippen LogP contribution in [0.2, 0.25) is 0 Å². The summed E-state index contributed by atoms with van der Waals surface area (Å²) in [5.41, 5.74) is 2.24. The minimum absolute atomic E-state index is 0.0110. The van der Waals surface area contributed by atoms with Gasteiger partial charge in [0.25, 0.3) is 0 Å². The molecule has 6 N–H and O–H groups in total. The molecule has 0 aliphatic carbocycles. The Hall–Kier alpha value is -7.12. The number of aryl methyl sites for hydroxylation is 2. The molecule has 0 aliphatic rings. The number of Topliss-reactive ketones (excluding diaryl/α,β-unsaturated/α-hetero) is 1. The van der Waals surface area contributed by atoms with Crippen molar-refractivity contribution in [1.29, 1.82) is 0 Å². The molecule has 1 heterocycles. The van der Waals surface area contributed by atoms with Gasteiger partial charge >= 0.3 is 24.1 Å². The van der Waals surface area contributed by atoms with Crippen molar-refractivity contribution in [3.05, 3.63) is 194 Å². The van der Waals surface area contributed by atoms with E-state index < -0.39 is 63.5 Å². The molecule has 0 unspecified atom stereocenters. The fourth-order valence-corrected chi connectivity index (χ4v) is 11.4. The number of ether oxygens (including phenoxy) is 1. The topological polar surface area (TPSA) is 229 Å². The number of carboxylic acid groups (broad SMARTS) is 3. The Morgan fingerprint density at radius 1 is 0.744 bits per heavy atom. The largest absolute Gasteiger partial charge is 0.507 e. The number of hydrogen-bond acceptors (Lipinski definition) is 12. The fourth-order valence-electron chi connectivity index (χ4n) is 9.08. The number of fused-ring (bicyclic) bond motifs is 1. The molecule has 438 valence electrons. The zero-order valence-electron chi connectivity index (χ0n) is 45.9. The molecule has 5 aromatic carbocycles. The van der Waals surface area contributed by atoms with Crippen LogP contribution in [0.25, 0.3) is 11.0 Å². The van der Waals surface area contributed by atoms with E-state index in [-0.39, 0.29) is 45.8 Å². The van der Waals surface area contributed by atoms with Gasteiger partial charge in [-0.25, -0.2) is 9.59 Å². The van der Waals surface area contributed by atoms with Gasteiger partial charge in [-0.1, -0.05) is 136 Å². The number of aliphatic carboxylic acids is 2. The molecule has 0 saturated heterocycles. The number of thioether (sulfide) groups is 2. The predicted octanol–water partition coefficient (Wildman–Crippen LogP) is 14.4. The Morgan fingerprint density at radius 3 is 2.09 bits per heavy atom. The van der Waals surface area contributed by atoms with Crippen LogP contribution < -0.4 is 10.2 Å². The number of unbranched alkanes of at least 4 members (excludes halogenated alkanes) is 7. The lowest BCUT2D eigenvalue weighted by Gasteiger charge is -2.23. The number of aromatic hydroxyl groups is 1. The summed E-state index contributed by atoms with van der Waals surface area (Å²) in [4.78, 5) is 58.2. The van der Waals surface area contributed by atoms with Crippen molar-refractivity contribution < 1.29 is 72.1 Å². The van der Waals surface area contributed by atoms with Gasteiger partial charge in [0.15, 0.2) is 17.3 Å². The highest BCUT2D eigenvalue weighted by atomic mass is 32.2. The van der Waals surface area contributed by atoms with Crippen LogP contribution in [0.15, 0.2) is 154 Å². The molecule has 82 heavy (non-hydrogen) atoms. The smallest absolute Gasteiger partial charge is 0.416 e. The van der Waals surface area contributed by atoms with Crippen LogP contribution in [-0.2, 0) is 35.0 Å². The van der Waals surface area contributed by atoms with Gasteiger partial charge in [-0.15, -0.1) is 23.5 Å². The number of hydrogen-bond donors (Lipinski definition) is 6. The number of aromatic carboxylic acids is 1. The number of carbonyl (C=O) groups excluding carboxylic acids is 1. The molecule has 6 aromatic rings. The van der Waals surface area contributed by atoms with Crippen molar-refractivity contribution in [2.45, 2.75) is 138 Å². The molecule has 13 nitrogen and oxygen atoms in total. The molecule has 0 amide bonds. The highest BCUT2D eigenvalue weighted by molar-refractivity contribution is 8.00. The summed E-state index contributed by atoms with van der Waals surface area (Å²) in [6.07, 6.45) is 11.2. The van der Waals surface area contributed by atoms with Gasteiger partial charge in [-0.3, -0.25) is 14.4 Å². The molecule has 0 spiro atoms. The Balaban J connectivity index is 0.000000332. The summed E-state index contributed by atoms with van der Waals surface area (Å²) >= 11 is 2.22. The van der Waals surface area contributed by atoms with Crippen LogP contribution in [0, 0.1) is 0 Å². The number of phenolic OH excluding ortho intramolecular Hbond substituents is 1. The first-order valence-corrected chi connectivity index (χ1v) is 29.2. The number of allylic oxidation sites excluding steroid dienone is 3. The lowest BCUT2D eigenvalue weighted by Crippen LogP contribution is -2.27. The Morgan fingerprint density at radius 2 is 1.41 bits per heavy atom. The standard InChI is InChI=1S/C38H37F3O8S.C26H34O5S/c1-3-12-28-31(19-18-25(23(2)42)35(28)44)48-20-11-7-5-4-6-8-15-34(36(45)26-13-9-10-14-29(26)38(39,40)41)50-24-16-17-27-30(43)22-33(37(46)47)49-32(27)21-24;27-23(28)18-19-32-25(24(29)26(30)31)22-17-11-10-16-21(22)15-9-4-2-1-3-6-12-20-13-7-5-8-14-20/h4,6,8-10,13-19,21-22,34,36,44-45H,3,5,7,11-12,20H2,1-2H3,(H,46,47);5,7-8,10-11,13-14,16-17,24-25,29H,1-4,6,9,12,15,18-19H2,(H,27,28)(H,30,31)/b6-4-,15-8+;/t34-,36+;24-,25-/m01/s1. The number of carbonyl (C=O) groups is 4. The van der Waals surface area contributed by atoms with Crippen LogP contribution in [0.4, 0.5) is 13.2 Å². The second-order valence-electron chi connectivity index (χ2n) is 19.5. The molecule has 0 fully saturated rings. The van der Waals surface area contributed by atoms with Gasteiger partial charge in [0.05, 0.1) is 46.1 Å². The summed E-state index contributed by atoms with van der Waals surface area (Å²) in [5.74, 6) is -3.68. The molecule has 4 atom stereocenters. The van der Waals surface area contributed by atoms with Gasteiger partial charge in [0, 0.05) is 22.3 Å². The van der Waals surface area contributed by atoms with Crippen LogP contribution in [0.5, 0.6) is 11.5 Å². The third-order valence-electron chi connectivity index (χ3n) is 13.3. The molecule has 0 bridgehead atoms. The third-order valence-corrected chi connectivity index (χ3v) is 15.8. The molecule has 1 aromatic heterocycles. The van der Waals surface area contributed by atoms with Crippen molar-refractivity contribution in [2.24, 2.45) is 0 Å². The van der Waals surface area contributed by atoms with Crippen molar-refractivity contribution in [2.75, 3.05) is 12.4 Å². The van der Waals surface area contributed by atoms with Crippen LogP contribution >= 0.6 is 23.5 Å². The first kappa shape index (κ1) is 65.7. The van der Waals surface area contributed by atoms with E-state index in [2.05, 4.69) is 24.3 Å². The Labute approximate surface area is 484 Å². The number of aliphatic hydroxyl groups is 2. The Kier molecular flexibility index (Phi) is 27.0. The summed E-state index contributed by atoms with van der Waals surface area (Å²) in [6, 6.07) is 31.4. The fraction of sp³-hybridized carbons (Fsp3) is 0.359. The van der Waals surface area contributed by atoms with E-state index in [1.54, 1.807) is 36.4 Å². The minimum Gasteiger partial charge on any atom is -0.507 e. The lowest BCUT2D eigenvalue weighted by atomic mass is 9.96. The highest BCUT2D eigenvalue weighted by Crippen LogP contribution is 2.41. The quantitative estimate of drug-likeness (QED) is 0.00999. The first-order valence-electron chi connectivity index (χ1n) is 27.3. The number of halogens is 3. The third kappa shape index (κ3) is 20.7. The second kappa shape index (κ2) is 33.7. The molecule has 6 rings (SSSR count). The summed E-state index contributed by atoms with van der Waals surface area (Å²) in [5, 5.41) is 58.1. The average Bonchev–Trinajstić information content (AvgIpc) is 3.51. The first-order chi connectivity index (χ1) is 39.3. The minimum atomic E-state index is -4.70. The maximum Gasteiger partial charge on any atom is 0.416 e. The molecular formula is C64H71F3O13S2. The van der Waals surface area contributed by atoms with Gasteiger partial charge in [0.1, 0.15) is 17.1 Å². The number of ketones is 1. The van der Waals surface area contributed by atoms with E-state index in [4.69, 9.17) is 14.3 Å². The van der Waals surface area contributed by atoms with Crippen LogP contribution in [0.1, 0.15) is 150 Å². The lowest BCUT2D eigenvalue weighted by molar-refractivity contribution is -0.146. The monoisotopic (exact) mass is 1170 g/mol. The summed E-state index contributed by atoms with van der Waals surface area (Å²) < 4.78 is 52.8. The number of carboxylic acids is 3. The number of aliphatic hydroxyl groups excluding tert-OH is 2. The molecular weight excluding hydrogens is 1100 g/mol. The van der Waals surface area contributed by atoms with Crippen molar-refractivity contribution in [1.82, 2.24) is 0 Å². The zero-order chi connectivity index (χ0) is 59.6. The van der Waals surface area contributed by atoms with Gasteiger partial charge in [-0.2, -0.15) is 13.2 Å². The van der Waals surface area contributed by atoms with Gasteiger partial charge < -0.3 is 39.8 Å². The van der Waals surface area contributed by atoms with Gasteiger partial charge in [0.2, 0.25) is 5.76 Å². The van der Waals surface area contributed by atoms with E-state index >= 15 is 0 Å². The van der Waals surface area contributed by atoms with E-state index in [9.17, 15) is 62.7 Å². The summed E-state index contributed by atoms with van der Waals surface area (Å²) in [6.45, 7) is 3.76. The average molecular weight is 1170 g/mol. The molecule has 0 saturated carbocycles. The number of benzene rings is 5. The van der Waals surface area contributed by atoms with Crippen molar-refractivity contribution in [3.63, 3.8) is 0 Å². The molecule has 0 radical (unpaired) electrons.